The van der Waals surface area contributed by atoms with E-state index in [1.165, 1.54) is 20.9 Å². The van der Waals surface area contributed by atoms with E-state index in [0.717, 1.165) is 11.5 Å². The lowest BCUT2D eigenvalue weighted by Crippen LogP contribution is -1.97. The zero-order valence-corrected chi connectivity index (χ0v) is 18.4. The molecular weight excluding hydrogens is 456 g/mol. The highest BCUT2D eigenvalue weighted by Crippen LogP contribution is 2.40. The van der Waals surface area contributed by atoms with Gasteiger partial charge in [0.1, 0.15) is 11.5 Å². The summed E-state index contributed by atoms with van der Waals surface area (Å²) in [5, 5.41) is 0. The van der Waals surface area contributed by atoms with Crippen molar-refractivity contribution in [1.82, 2.24) is 0 Å². The van der Waals surface area contributed by atoms with E-state index < -0.39 is 0 Å². The first kappa shape index (κ1) is 19.2. The van der Waals surface area contributed by atoms with Crippen LogP contribution in [0.1, 0.15) is 34.6 Å². The van der Waals surface area contributed by atoms with Crippen LogP contribution < -0.4 is 4.74 Å². The molecule has 2 unspecified atom stereocenters. The van der Waals surface area contributed by atoms with E-state index in [-0.39, 0.29) is 9.65 Å². The molecule has 0 bridgehead atoms. The second-order valence-electron chi connectivity index (χ2n) is 5.14. The van der Waals surface area contributed by atoms with E-state index in [0.29, 0.717) is 0 Å². The monoisotopic (exact) mass is 474 g/mol. The first-order chi connectivity index (χ1) is 11.0. The van der Waals surface area contributed by atoms with Gasteiger partial charge in [-0.25, -0.2) is 0 Å². The summed E-state index contributed by atoms with van der Waals surface area (Å²) < 4.78 is 6.28. The third-order valence-electron chi connectivity index (χ3n) is 3.51. The summed E-state index contributed by atoms with van der Waals surface area (Å²) in [5.74, 6) is 1.80. The van der Waals surface area contributed by atoms with Crippen molar-refractivity contribution >= 4 is 55.4 Å². The molecule has 0 aliphatic rings. The summed E-state index contributed by atoms with van der Waals surface area (Å²) in [6.07, 6.45) is 4.18. The van der Waals surface area contributed by atoms with Crippen molar-refractivity contribution in [3.05, 3.63) is 47.5 Å². The van der Waals surface area contributed by atoms with Crippen molar-refractivity contribution in [2.45, 2.75) is 33.3 Å². The SMILES string of the molecule is CSc1ccc(Oc2ccc(SC)cc2C(C)Br)c(C(C)Br)c1. The molecule has 0 N–H and O–H groups in total. The Bertz CT molecular complexity index is 615. The Morgan fingerprint density at radius 1 is 0.783 bits per heavy atom. The molecule has 0 spiro atoms. The maximum atomic E-state index is 6.28. The molecule has 0 aromatic heterocycles. The predicted molar refractivity (Wildman–Crippen MR) is 111 cm³/mol. The number of ether oxygens (including phenoxy) is 1. The van der Waals surface area contributed by atoms with Crippen molar-refractivity contribution in [3.8, 4) is 11.5 Å². The number of thioether (sulfide) groups is 2. The second-order valence-corrected chi connectivity index (χ2v) is 9.65. The molecule has 0 fully saturated rings. The van der Waals surface area contributed by atoms with Gasteiger partial charge >= 0.3 is 0 Å². The van der Waals surface area contributed by atoms with Gasteiger partial charge in [0.15, 0.2) is 0 Å². The van der Waals surface area contributed by atoms with Crippen LogP contribution in [0.5, 0.6) is 11.5 Å². The molecule has 2 aromatic carbocycles. The molecule has 0 amide bonds. The van der Waals surface area contributed by atoms with Gasteiger partial charge in [0.05, 0.1) is 0 Å². The molecule has 1 nitrogen and oxygen atoms in total. The van der Waals surface area contributed by atoms with Crippen LogP contribution in [0.2, 0.25) is 0 Å². The van der Waals surface area contributed by atoms with Crippen LogP contribution in [0, 0.1) is 0 Å². The normalized spacial score (nSPS) is 13.7. The minimum atomic E-state index is 0.236. The van der Waals surface area contributed by atoms with Gasteiger partial charge in [-0.3, -0.25) is 0 Å². The molecule has 5 heteroatoms. The average molecular weight is 476 g/mol. The highest BCUT2D eigenvalue weighted by Gasteiger charge is 2.15. The second kappa shape index (κ2) is 8.84. The van der Waals surface area contributed by atoms with Gasteiger partial charge in [-0.1, -0.05) is 31.9 Å². The van der Waals surface area contributed by atoms with Crippen LogP contribution in [0.15, 0.2) is 46.2 Å². The van der Waals surface area contributed by atoms with Crippen molar-refractivity contribution in [2.75, 3.05) is 12.5 Å². The average Bonchev–Trinajstić information content (AvgIpc) is 2.55. The van der Waals surface area contributed by atoms with E-state index in [4.69, 9.17) is 4.74 Å². The summed E-state index contributed by atoms with van der Waals surface area (Å²) in [7, 11) is 0. The molecular formula is C18H20Br2OS2. The minimum absolute atomic E-state index is 0.236. The van der Waals surface area contributed by atoms with Crippen molar-refractivity contribution in [1.29, 1.82) is 0 Å². The molecule has 2 aromatic rings. The molecule has 2 rings (SSSR count). The molecule has 0 heterocycles. The molecule has 0 saturated carbocycles. The molecule has 0 aliphatic carbocycles. The van der Waals surface area contributed by atoms with Gasteiger partial charge in [-0.05, 0) is 62.8 Å². The third-order valence-corrected chi connectivity index (χ3v) is 5.95. The van der Waals surface area contributed by atoms with E-state index in [9.17, 15) is 0 Å². The number of alkyl halides is 2. The Kier molecular flexibility index (Phi) is 7.39. The number of benzene rings is 2. The number of halogens is 2. The zero-order valence-electron chi connectivity index (χ0n) is 13.6. The Morgan fingerprint density at radius 2 is 1.17 bits per heavy atom. The van der Waals surface area contributed by atoms with Crippen LogP contribution in [-0.2, 0) is 0 Å². The Balaban J connectivity index is 2.43. The maximum Gasteiger partial charge on any atom is 0.131 e. The van der Waals surface area contributed by atoms with Gasteiger partial charge in [0, 0.05) is 30.6 Å². The van der Waals surface area contributed by atoms with Crippen molar-refractivity contribution in [3.63, 3.8) is 0 Å². The molecule has 2 atom stereocenters. The highest BCUT2D eigenvalue weighted by atomic mass is 79.9. The Labute approximate surface area is 164 Å². The largest absolute Gasteiger partial charge is 0.457 e. The van der Waals surface area contributed by atoms with Gasteiger partial charge in [-0.15, -0.1) is 23.5 Å². The predicted octanol–water partition coefficient (Wildman–Crippen LogP) is 7.83. The lowest BCUT2D eigenvalue weighted by atomic mass is 10.1. The van der Waals surface area contributed by atoms with E-state index in [1.807, 2.05) is 0 Å². The summed E-state index contributed by atoms with van der Waals surface area (Å²) in [6.45, 7) is 4.24. The van der Waals surface area contributed by atoms with Gasteiger partial charge in [0.25, 0.3) is 0 Å². The fourth-order valence-corrected chi connectivity index (χ4v) is 3.85. The quantitative estimate of drug-likeness (QED) is 0.311. The molecule has 23 heavy (non-hydrogen) atoms. The van der Waals surface area contributed by atoms with Gasteiger partial charge in [0.2, 0.25) is 0 Å². The first-order valence-electron chi connectivity index (χ1n) is 7.28. The third kappa shape index (κ3) is 4.94. The van der Waals surface area contributed by atoms with Gasteiger partial charge in [-0.2, -0.15) is 0 Å². The van der Waals surface area contributed by atoms with E-state index >= 15 is 0 Å². The lowest BCUT2D eigenvalue weighted by molar-refractivity contribution is 0.470. The fraction of sp³-hybridized carbons (Fsp3) is 0.333. The van der Waals surface area contributed by atoms with Crippen molar-refractivity contribution in [2.24, 2.45) is 0 Å². The van der Waals surface area contributed by atoms with Crippen molar-refractivity contribution < 1.29 is 4.74 Å². The highest BCUT2D eigenvalue weighted by molar-refractivity contribution is 9.09. The smallest absolute Gasteiger partial charge is 0.131 e. The number of hydrogen-bond donors (Lipinski definition) is 0. The summed E-state index contributed by atoms with van der Waals surface area (Å²) >= 11 is 10.8. The van der Waals surface area contributed by atoms with Crippen LogP contribution in [0.4, 0.5) is 0 Å². The molecule has 0 radical (unpaired) electrons. The zero-order chi connectivity index (χ0) is 17.0. The Hall–Kier alpha value is -0.100. The number of hydrogen-bond acceptors (Lipinski definition) is 3. The van der Waals surface area contributed by atoms with Crippen LogP contribution in [0.25, 0.3) is 0 Å². The summed E-state index contributed by atoms with van der Waals surface area (Å²) in [6, 6.07) is 12.7. The standard InChI is InChI=1S/C18H20Br2OS2/c1-11(19)15-9-13(22-3)5-7-17(15)21-18-8-6-14(23-4)10-16(18)12(2)20/h5-12H,1-4H3. The minimum Gasteiger partial charge on any atom is -0.457 e. The topological polar surface area (TPSA) is 9.23 Å². The Morgan fingerprint density at radius 3 is 1.48 bits per heavy atom. The van der Waals surface area contributed by atoms with Crippen LogP contribution >= 0.6 is 55.4 Å². The van der Waals surface area contributed by atoms with E-state index in [2.05, 4.69) is 94.6 Å². The molecule has 124 valence electrons. The summed E-state index contributed by atoms with van der Waals surface area (Å²) in [4.78, 5) is 2.95. The first-order valence-corrected chi connectivity index (χ1v) is 11.6. The summed E-state index contributed by atoms with van der Waals surface area (Å²) in [5.41, 5.74) is 2.33. The lowest BCUT2D eigenvalue weighted by Gasteiger charge is -2.18. The van der Waals surface area contributed by atoms with Gasteiger partial charge < -0.3 is 4.74 Å². The molecule has 0 saturated heterocycles. The number of rotatable bonds is 6. The fourth-order valence-electron chi connectivity index (χ4n) is 2.23. The van der Waals surface area contributed by atoms with Crippen LogP contribution in [0.3, 0.4) is 0 Å². The van der Waals surface area contributed by atoms with Crippen LogP contribution in [-0.4, -0.2) is 12.5 Å². The van der Waals surface area contributed by atoms with E-state index in [1.54, 1.807) is 23.5 Å². The molecule has 0 aliphatic heterocycles. The maximum absolute atomic E-state index is 6.28.